The molecule has 3 nitrogen and oxygen atoms in total. The molecule has 0 atom stereocenters. The molecule has 0 bridgehead atoms. The fraction of sp³-hybridized carbons (Fsp3) is 0.529. The molecule has 1 aromatic rings. The van der Waals surface area contributed by atoms with Crippen LogP contribution in [0.15, 0.2) is 30.3 Å². The Morgan fingerprint density at radius 2 is 1.80 bits per heavy atom. The average Bonchev–Trinajstić information content (AvgIpc) is 2.46. The van der Waals surface area contributed by atoms with E-state index in [0.717, 1.165) is 45.3 Å². The molecule has 0 unspecified atom stereocenters. The van der Waals surface area contributed by atoms with Gasteiger partial charge in [0.2, 0.25) is 0 Å². The van der Waals surface area contributed by atoms with Gasteiger partial charge in [0.15, 0.2) is 0 Å². The van der Waals surface area contributed by atoms with Gasteiger partial charge in [0.05, 0.1) is 5.60 Å². The highest BCUT2D eigenvalue weighted by atomic mass is 16.3. The molecule has 1 heterocycles. The molecular weight excluding hydrogens is 250 g/mol. The van der Waals surface area contributed by atoms with E-state index < -0.39 is 5.60 Å². The molecule has 2 N–H and O–H groups in total. The molecule has 1 aliphatic heterocycles. The van der Waals surface area contributed by atoms with Crippen molar-refractivity contribution in [1.82, 2.24) is 4.90 Å². The minimum Gasteiger partial charge on any atom is -0.389 e. The van der Waals surface area contributed by atoms with Gasteiger partial charge in [-0.1, -0.05) is 42.2 Å². The third kappa shape index (κ3) is 4.64. The molecule has 0 amide bonds. The maximum Gasteiger partial charge on any atom is 0.104 e. The molecule has 1 aromatic carbocycles. The summed E-state index contributed by atoms with van der Waals surface area (Å²) in [6.07, 6.45) is 3.16. The quantitative estimate of drug-likeness (QED) is 0.816. The van der Waals surface area contributed by atoms with Crippen molar-refractivity contribution in [3.05, 3.63) is 35.9 Å². The zero-order valence-corrected chi connectivity index (χ0v) is 11.9. The standard InChI is InChI=1S/C17H23NO2/c19-14-6-2-5-11-18-12-9-17(20,10-13-18)15-16-7-3-1-4-8-16/h1,3-4,7-8,19-20H,5,9-15H2. The van der Waals surface area contributed by atoms with Gasteiger partial charge in [0.25, 0.3) is 0 Å². The van der Waals surface area contributed by atoms with Gasteiger partial charge in [0.1, 0.15) is 6.61 Å². The van der Waals surface area contributed by atoms with Crippen molar-refractivity contribution >= 4 is 0 Å². The van der Waals surface area contributed by atoms with Crippen molar-refractivity contribution < 1.29 is 10.2 Å². The van der Waals surface area contributed by atoms with E-state index >= 15 is 0 Å². The lowest BCUT2D eigenvalue weighted by atomic mass is 9.85. The summed E-state index contributed by atoms with van der Waals surface area (Å²) < 4.78 is 0. The summed E-state index contributed by atoms with van der Waals surface area (Å²) in [6, 6.07) is 10.2. The van der Waals surface area contributed by atoms with Gasteiger partial charge in [-0.3, -0.25) is 0 Å². The van der Waals surface area contributed by atoms with Crippen molar-refractivity contribution in [2.75, 3.05) is 26.2 Å². The Labute approximate surface area is 121 Å². The van der Waals surface area contributed by atoms with Crippen LogP contribution in [0.3, 0.4) is 0 Å². The zero-order chi connectivity index (χ0) is 14.3. The fourth-order valence-electron chi connectivity index (χ4n) is 2.70. The average molecular weight is 273 g/mol. The molecule has 0 aliphatic carbocycles. The van der Waals surface area contributed by atoms with Crippen LogP contribution in [0.5, 0.6) is 0 Å². The van der Waals surface area contributed by atoms with Gasteiger partial charge < -0.3 is 15.1 Å². The van der Waals surface area contributed by atoms with Crippen LogP contribution in [0, 0.1) is 11.8 Å². The van der Waals surface area contributed by atoms with Crippen LogP contribution in [0.2, 0.25) is 0 Å². The third-order valence-corrected chi connectivity index (χ3v) is 3.92. The highest BCUT2D eigenvalue weighted by Gasteiger charge is 2.31. The first-order valence-electron chi connectivity index (χ1n) is 7.27. The Balaban J connectivity index is 1.78. The predicted molar refractivity (Wildman–Crippen MR) is 80.2 cm³/mol. The Hall–Kier alpha value is -1.34. The largest absolute Gasteiger partial charge is 0.389 e. The van der Waals surface area contributed by atoms with Gasteiger partial charge in [-0.2, -0.15) is 0 Å². The lowest BCUT2D eigenvalue weighted by molar-refractivity contribution is -0.0200. The monoisotopic (exact) mass is 273 g/mol. The van der Waals surface area contributed by atoms with Crippen molar-refractivity contribution in [2.45, 2.75) is 31.3 Å². The maximum atomic E-state index is 10.7. The second-order valence-corrected chi connectivity index (χ2v) is 5.49. The van der Waals surface area contributed by atoms with Crippen LogP contribution >= 0.6 is 0 Å². The first-order valence-corrected chi connectivity index (χ1v) is 7.27. The molecule has 0 radical (unpaired) electrons. The Morgan fingerprint density at radius 1 is 1.10 bits per heavy atom. The molecule has 2 rings (SSSR count). The summed E-state index contributed by atoms with van der Waals surface area (Å²) in [7, 11) is 0. The molecule has 0 aromatic heterocycles. The zero-order valence-electron chi connectivity index (χ0n) is 11.9. The fourth-order valence-corrected chi connectivity index (χ4v) is 2.70. The molecule has 0 saturated carbocycles. The summed E-state index contributed by atoms with van der Waals surface area (Å²) >= 11 is 0. The first-order chi connectivity index (χ1) is 9.72. The normalized spacial score (nSPS) is 18.3. The van der Waals surface area contributed by atoms with E-state index in [1.54, 1.807) is 0 Å². The maximum absolute atomic E-state index is 10.7. The van der Waals surface area contributed by atoms with Crippen LogP contribution < -0.4 is 0 Å². The summed E-state index contributed by atoms with van der Waals surface area (Å²) in [5.74, 6) is 5.61. The van der Waals surface area contributed by atoms with Gasteiger partial charge in [-0.15, -0.1) is 0 Å². The Bertz CT molecular complexity index is 453. The smallest absolute Gasteiger partial charge is 0.104 e. The van der Waals surface area contributed by atoms with Crippen LogP contribution in [0.1, 0.15) is 24.8 Å². The van der Waals surface area contributed by atoms with Crippen molar-refractivity contribution in [3.8, 4) is 11.8 Å². The lowest BCUT2D eigenvalue weighted by Gasteiger charge is -2.38. The summed E-state index contributed by atoms with van der Waals surface area (Å²) in [4.78, 5) is 2.34. The van der Waals surface area contributed by atoms with Crippen LogP contribution in [-0.4, -0.2) is 47.0 Å². The molecule has 1 fully saturated rings. The van der Waals surface area contributed by atoms with Crippen LogP contribution in [-0.2, 0) is 6.42 Å². The van der Waals surface area contributed by atoms with Crippen molar-refractivity contribution in [3.63, 3.8) is 0 Å². The summed E-state index contributed by atoms with van der Waals surface area (Å²) in [5.41, 5.74) is 0.645. The molecule has 1 saturated heterocycles. The van der Waals surface area contributed by atoms with E-state index in [-0.39, 0.29) is 6.61 Å². The number of benzene rings is 1. The van der Waals surface area contributed by atoms with Gasteiger partial charge in [-0.25, -0.2) is 0 Å². The third-order valence-electron chi connectivity index (χ3n) is 3.92. The number of aliphatic hydroxyl groups is 2. The Kier molecular flexibility index (Phi) is 5.60. The molecule has 0 spiro atoms. The van der Waals surface area contributed by atoms with E-state index in [4.69, 9.17) is 5.11 Å². The van der Waals surface area contributed by atoms with Gasteiger partial charge in [0, 0.05) is 32.5 Å². The van der Waals surface area contributed by atoms with E-state index in [1.807, 2.05) is 18.2 Å². The van der Waals surface area contributed by atoms with E-state index in [0.29, 0.717) is 0 Å². The molecule has 3 heteroatoms. The second kappa shape index (κ2) is 7.44. The number of piperidine rings is 1. The highest BCUT2D eigenvalue weighted by Crippen LogP contribution is 2.26. The number of rotatable bonds is 4. The Morgan fingerprint density at radius 3 is 2.45 bits per heavy atom. The number of aliphatic hydroxyl groups excluding tert-OH is 1. The predicted octanol–water partition coefficient (Wildman–Crippen LogP) is 1.44. The minimum absolute atomic E-state index is 0.0587. The van der Waals surface area contributed by atoms with E-state index in [9.17, 15) is 5.11 Å². The highest BCUT2D eigenvalue weighted by molar-refractivity contribution is 5.17. The number of hydrogen-bond donors (Lipinski definition) is 2. The first kappa shape index (κ1) is 15.1. The van der Waals surface area contributed by atoms with Gasteiger partial charge in [-0.05, 0) is 18.4 Å². The molecule has 20 heavy (non-hydrogen) atoms. The molecule has 1 aliphatic rings. The van der Waals surface area contributed by atoms with E-state index in [2.05, 4.69) is 28.9 Å². The molecular formula is C17H23NO2. The number of nitrogens with zero attached hydrogens (tertiary/aromatic N) is 1. The summed E-state index contributed by atoms with van der Waals surface area (Å²) in [5, 5.41) is 19.3. The molecule has 108 valence electrons. The summed E-state index contributed by atoms with van der Waals surface area (Å²) in [6.45, 7) is 2.71. The number of likely N-dealkylation sites (tertiary alicyclic amines) is 1. The van der Waals surface area contributed by atoms with Crippen molar-refractivity contribution in [1.29, 1.82) is 0 Å². The minimum atomic E-state index is -0.561. The van der Waals surface area contributed by atoms with E-state index in [1.165, 1.54) is 5.56 Å². The van der Waals surface area contributed by atoms with Crippen LogP contribution in [0.4, 0.5) is 0 Å². The van der Waals surface area contributed by atoms with Gasteiger partial charge >= 0.3 is 0 Å². The second-order valence-electron chi connectivity index (χ2n) is 5.49. The topological polar surface area (TPSA) is 43.7 Å². The van der Waals surface area contributed by atoms with Crippen molar-refractivity contribution in [2.24, 2.45) is 0 Å². The lowest BCUT2D eigenvalue weighted by Crippen LogP contribution is -2.45. The van der Waals surface area contributed by atoms with Crippen LogP contribution in [0.25, 0.3) is 0 Å². The SMILES string of the molecule is OCC#CCCN1CCC(O)(Cc2ccccc2)CC1. The number of hydrogen-bond acceptors (Lipinski definition) is 3.